The van der Waals surface area contributed by atoms with Crippen molar-refractivity contribution in [3.8, 4) is 0 Å². The van der Waals surface area contributed by atoms with Crippen LogP contribution in [0.4, 0.5) is 0 Å². The Balaban J connectivity index is 2.21. The summed E-state index contributed by atoms with van der Waals surface area (Å²) in [4.78, 5) is 7.06. The van der Waals surface area contributed by atoms with Gasteiger partial charge in [-0.2, -0.15) is 0 Å². The topological polar surface area (TPSA) is 40.7 Å². The summed E-state index contributed by atoms with van der Waals surface area (Å²) in [5.41, 5.74) is 1.44. The largest absolute Gasteiger partial charge is 0.348 e. The van der Waals surface area contributed by atoms with Crippen molar-refractivity contribution in [3.63, 3.8) is 0 Å². The second-order valence-corrected chi connectivity index (χ2v) is 3.99. The van der Waals surface area contributed by atoms with Gasteiger partial charge >= 0.3 is 0 Å². The average Bonchev–Trinajstić information content (AvgIpc) is 2.57. The lowest BCUT2D eigenvalue weighted by molar-refractivity contribution is 0.379. The van der Waals surface area contributed by atoms with E-state index in [1.54, 1.807) is 6.33 Å². The number of hydrogen-bond acceptors (Lipinski definition) is 2. The van der Waals surface area contributed by atoms with Gasteiger partial charge in [-0.1, -0.05) is 6.92 Å². The van der Waals surface area contributed by atoms with Crippen molar-refractivity contribution in [2.45, 2.75) is 39.2 Å². The number of hydrogen-bond donors (Lipinski definition) is 2. The molecule has 0 amide bonds. The van der Waals surface area contributed by atoms with Gasteiger partial charge < -0.3 is 10.3 Å². The van der Waals surface area contributed by atoms with Crippen LogP contribution in [0, 0.1) is 0 Å². The van der Waals surface area contributed by atoms with Gasteiger partial charge in [0.25, 0.3) is 0 Å². The van der Waals surface area contributed by atoms with Crippen LogP contribution in [0.15, 0.2) is 12.5 Å². The first-order valence-corrected chi connectivity index (χ1v) is 4.86. The predicted octanol–water partition coefficient (Wildman–Crippen LogP) is 1.73. The summed E-state index contributed by atoms with van der Waals surface area (Å²) in [6.45, 7) is 7.64. The van der Waals surface area contributed by atoms with E-state index in [9.17, 15) is 0 Å². The number of rotatable bonds is 5. The fourth-order valence-electron chi connectivity index (χ4n) is 1.08. The maximum Gasteiger partial charge on any atom is 0.0921 e. The van der Waals surface area contributed by atoms with Crippen molar-refractivity contribution < 1.29 is 0 Å². The van der Waals surface area contributed by atoms with Crippen LogP contribution in [0.1, 0.15) is 32.9 Å². The highest BCUT2D eigenvalue weighted by Gasteiger charge is 2.12. The van der Waals surface area contributed by atoms with E-state index in [0.29, 0.717) is 0 Å². The number of imidazole rings is 1. The Morgan fingerprint density at radius 2 is 2.31 bits per heavy atom. The van der Waals surface area contributed by atoms with Gasteiger partial charge in [0.05, 0.1) is 6.33 Å². The van der Waals surface area contributed by atoms with E-state index < -0.39 is 0 Å². The molecule has 0 aromatic carbocycles. The van der Waals surface area contributed by atoms with Gasteiger partial charge in [0.1, 0.15) is 0 Å². The van der Waals surface area contributed by atoms with Gasteiger partial charge in [0.2, 0.25) is 0 Å². The van der Waals surface area contributed by atoms with Gasteiger partial charge in [0.15, 0.2) is 0 Å². The van der Waals surface area contributed by atoms with Gasteiger partial charge in [-0.15, -0.1) is 0 Å². The monoisotopic (exact) mass is 181 g/mol. The fourth-order valence-corrected chi connectivity index (χ4v) is 1.08. The number of H-pyrrole nitrogens is 1. The van der Waals surface area contributed by atoms with E-state index in [4.69, 9.17) is 0 Å². The van der Waals surface area contributed by atoms with Crippen LogP contribution in [0.3, 0.4) is 0 Å². The molecule has 0 saturated carbocycles. The van der Waals surface area contributed by atoms with Gasteiger partial charge in [-0.3, -0.25) is 0 Å². The smallest absolute Gasteiger partial charge is 0.0921 e. The van der Waals surface area contributed by atoms with Gasteiger partial charge in [0, 0.05) is 30.4 Å². The van der Waals surface area contributed by atoms with Crippen LogP contribution in [0.5, 0.6) is 0 Å². The van der Waals surface area contributed by atoms with Crippen LogP contribution in [-0.4, -0.2) is 22.1 Å². The molecule has 1 aromatic rings. The third-order valence-electron chi connectivity index (χ3n) is 2.44. The summed E-state index contributed by atoms with van der Waals surface area (Å²) >= 11 is 0. The minimum Gasteiger partial charge on any atom is -0.348 e. The third kappa shape index (κ3) is 3.59. The first kappa shape index (κ1) is 10.3. The molecule has 0 aliphatic carbocycles. The van der Waals surface area contributed by atoms with E-state index in [0.717, 1.165) is 19.4 Å². The van der Waals surface area contributed by atoms with E-state index >= 15 is 0 Å². The van der Waals surface area contributed by atoms with Gasteiger partial charge in [-0.05, 0) is 20.3 Å². The maximum absolute atomic E-state index is 3.97. The summed E-state index contributed by atoms with van der Waals surface area (Å²) in [5.74, 6) is 0. The molecule has 0 fully saturated rings. The number of aromatic amines is 1. The molecular formula is C10H19N3. The van der Waals surface area contributed by atoms with Crippen LogP contribution >= 0.6 is 0 Å². The molecule has 0 unspecified atom stereocenters. The summed E-state index contributed by atoms with van der Waals surface area (Å²) in [6.07, 6.45) is 5.76. The Bertz CT molecular complexity index is 226. The second kappa shape index (κ2) is 4.42. The molecule has 1 heterocycles. The van der Waals surface area contributed by atoms with Crippen LogP contribution in [0.25, 0.3) is 0 Å². The van der Waals surface area contributed by atoms with Crippen LogP contribution < -0.4 is 5.32 Å². The van der Waals surface area contributed by atoms with Crippen molar-refractivity contribution in [3.05, 3.63) is 18.2 Å². The summed E-state index contributed by atoms with van der Waals surface area (Å²) < 4.78 is 0. The first-order valence-electron chi connectivity index (χ1n) is 4.86. The molecule has 2 N–H and O–H groups in total. The van der Waals surface area contributed by atoms with E-state index in [-0.39, 0.29) is 5.54 Å². The molecule has 3 heteroatoms. The number of aromatic nitrogens is 2. The molecule has 0 bridgehead atoms. The molecule has 0 aliphatic rings. The zero-order valence-corrected chi connectivity index (χ0v) is 8.72. The highest BCUT2D eigenvalue weighted by atomic mass is 15.0. The van der Waals surface area contributed by atoms with E-state index in [2.05, 4.69) is 36.1 Å². The van der Waals surface area contributed by atoms with Crippen molar-refractivity contribution in [1.29, 1.82) is 0 Å². The Hall–Kier alpha value is -0.830. The van der Waals surface area contributed by atoms with Gasteiger partial charge in [-0.25, -0.2) is 4.98 Å². The minimum absolute atomic E-state index is 0.250. The molecule has 74 valence electrons. The third-order valence-corrected chi connectivity index (χ3v) is 2.44. The zero-order valence-electron chi connectivity index (χ0n) is 8.72. The lowest BCUT2D eigenvalue weighted by atomic mass is 10.0. The molecule has 1 rings (SSSR count). The molecule has 0 saturated heterocycles. The molecule has 1 aromatic heterocycles. The molecule has 0 spiro atoms. The molecule has 0 aliphatic heterocycles. The molecule has 0 radical (unpaired) electrons. The minimum atomic E-state index is 0.250. The summed E-state index contributed by atoms with van der Waals surface area (Å²) in [5, 5.41) is 3.50. The zero-order chi connectivity index (χ0) is 9.73. The lowest BCUT2D eigenvalue weighted by Gasteiger charge is -2.24. The standard InChI is InChI=1S/C10H19N3/c1-4-10(2,3)13-6-5-9-7-11-8-12-9/h7-8,13H,4-6H2,1-3H3,(H,11,12). The fraction of sp³-hybridized carbons (Fsp3) is 0.700. The number of nitrogens with one attached hydrogen (secondary N) is 2. The highest BCUT2D eigenvalue weighted by molar-refractivity contribution is 4.95. The van der Waals surface area contributed by atoms with Crippen LogP contribution in [0.2, 0.25) is 0 Å². The maximum atomic E-state index is 3.97. The quantitative estimate of drug-likeness (QED) is 0.726. The van der Waals surface area contributed by atoms with Crippen molar-refractivity contribution in [1.82, 2.24) is 15.3 Å². The summed E-state index contributed by atoms with van der Waals surface area (Å²) in [7, 11) is 0. The molecule has 13 heavy (non-hydrogen) atoms. The van der Waals surface area contributed by atoms with Crippen molar-refractivity contribution in [2.75, 3.05) is 6.54 Å². The van der Waals surface area contributed by atoms with E-state index in [1.807, 2.05) is 6.20 Å². The lowest BCUT2D eigenvalue weighted by Crippen LogP contribution is -2.39. The van der Waals surface area contributed by atoms with E-state index in [1.165, 1.54) is 5.69 Å². The van der Waals surface area contributed by atoms with Crippen molar-refractivity contribution >= 4 is 0 Å². The normalized spacial score (nSPS) is 11.9. The molecular weight excluding hydrogens is 162 g/mol. The number of nitrogens with zero attached hydrogens (tertiary/aromatic N) is 1. The molecule has 3 nitrogen and oxygen atoms in total. The Morgan fingerprint density at radius 1 is 1.54 bits per heavy atom. The Labute approximate surface area is 80.0 Å². The summed E-state index contributed by atoms with van der Waals surface area (Å²) in [6, 6.07) is 0. The van der Waals surface area contributed by atoms with Crippen LogP contribution in [-0.2, 0) is 6.42 Å². The highest BCUT2D eigenvalue weighted by Crippen LogP contribution is 2.06. The second-order valence-electron chi connectivity index (χ2n) is 3.99. The molecule has 0 atom stereocenters. The Kier molecular flexibility index (Phi) is 3.48. The first-order chi connectivity index (χ1) is 6.14. The van der Waals surface area contributed by atoms with Crippen molar-refractivity contribution in [2.24, 2.45) is 0 Å². The predicted molar refractivity (Wildman–Crippen MR) is 54.7 cm³/mol. The Morgan fingerprint density at radius 3 is 2.85 bits per heavy atom. The SMILES string of the molecule is CCC(C)(C)NCCc1cnc[nH]1. The average molecular weight is 181 g/mol.